The van der Waals surface area contributed by atoms with Gasteiger partial charge in [0.05, 0.1) is 16.2 Å². The number of anilines is 2. The van der Waals surface area contributed by atoms with Crippen LogP contribution in [0.3, 0.4) is 0 Å². The maximum absolute atomic E-state index is 11.0. The molecule has 1 aromatic heterocycles. The highest BCUT2D eigenvalue weighted by Crippen LogP contribution is 2.39. The van der Waals surface area contributed by atoms with E-state index < -0.39 is 6.03 Å². The van der Waals surface area contributed by atoms with E-state index in [1.807, 2.05) is 36.4 Å². The number of carbonyl (C=O) groups is 1. The Labute approximate surface area is 125 Å². The summed E-state index contributed by atoms with van der Waals surface area (Å²) in [6.45, 7) is 0. The Morgan fingerprint density at radius 3 is 2.67 bits per heavy atom. The number of nitrogens with zero attached hydrogens (tertiary/aromatic N) is 1. The van der Waals surface area contributed by atoms with Gasteiger partial charge in [-0.15, -0.1) is 0 Å². The Morgan fingerprint density at radius 2 is 2.00 bits per heavy atom. The molecule has 0 atom stereocenters. The number of aromatic amines is 1. The van der Waals surface area contributed by atoms with E-state index in [0.29, 0.717) is 27.4 Å². The summed E-state index contributed by atoms with van der Waals surface area (Å²) in [6, 6.07) is 10.7. The lowest BCUT2D eigenvalue weighted by Crippen LogP contribution is -2.19. The fourth-order valence-corrected chi connectivity index (χ4v) is 2.46. The second-order valence-electron chi connectivity index (χ2n) is 4.50. The van der Waals surface area contributed by atoms with Crippen molar-refractivity contribution in [3.05, 3.63) is 41.4 Å². The molecule has 0 spiro atoms. The third kappa shape index (κ3) is 2.25. The lowest BCUT2D eigenvalue weighted by molar-refractivity contribution is 0.259. The van der Waals surface area contributed by atoms with Crippen molar-refractivity contribution in [3.8, 4) is 11.1 Å². The first-order chi connectivity index (χ1) is 10.1. The van der Waals surface area contributed by atoms with Gasteiger partial charge in [0.2, 0.25) is 0 Å². The van der Waals surface area contributed by atoms with Gasteiger partial charge in [-0.1, -0.05) is 41.9 Å². The number of primary amides is 1. The Balaban J connectivity index is 2.26. The number of amides is 2. The molecule has 6 nitrogen and oxygen atoms in total. The van der Waals surface area contributed by atoms with Crippen molar-refractivity contribution in [2.45, 2.75) is 0 Å². The number of urea groups is 1. The van der Waals surface area contributed by atoms with Crippen molar-refractivity contribution in [2.75, 3.05) is 11.1 Å². The maximum atomic E-state index is 11.0. The number of fused-ring (bicyclic) bond motifs is 1. The fourth-order valence-electron chi connectivity index (χ4n) is 2.20. The van der Waals surface area contributed by atoms with E-state index in [0.717, 1.165) is 11.1 Å². The molecular weight excluding hydrogens is 290 g/mol. The molecule has 0 aliphatic rings. The van der Waals surface area contributed by atoms with Gasteiger partial charge in [0, 0.05) is 10.9 Å². The summed E-state index contributed by atoms with van der Waals surface area (Å²) < 4.78 is 0. The smallest absolute Gasteiger partial charge is 0.317 e. The van der Waals surface area contributed by atoms with Crippen LogP contribution in [0.2, 0.25) is 5.02 Å². The molecule has 0 aliphatic heterocycles. The molecule has 0 radical (unpaired) electrons. The van der Waals surface area contributed by atoms with Crippen molar-refractivity contribution in [1.82, 2.24) is 10.2 Å². The van der Waals surface area contributed by atoms with Crippen molar-refractivity contribution in [2.24, 2.45) is 5.73 Å². The number of H-pyrrole nitrogens is 1. The van der Waals surface area contributed by atoms with E-state index >= 15 is 0 Å². The zero-order chi connectivity index (χ0) is 15.0. The summed E-state index contributed by atoms with van der Waals surface area (Å²) in [5.74, 6) is 0.318. The molecule has 6 N–H and O–H groups in total. The third-order valence-electron chi connectivity index (χ3n) is 3.16. The largest absolute Gasteiger partial charge is 0.396 e. The molecule has 3 aromatic rings. The van der Waals surface area contributed by atoms with Crippen LogP contribution in [0.1, 0.15) is 0 Å². The topological polar surface area (TPSA) is 110 Å². The van der Waals surface area contributed by atoms with Crippen molar-refractivity contribution < 1.29 is 4.79 Å². The summed E-state index contributed by atoms with van der Waals surface area (Å²) in [5, 5.41) is 10.3. The molecule has 2 amide bonds. The molecule has 0 saturated heterocycles. The SMILES string of the molecule is NC(=O)Nc1n[nH]c2c(N)c(Cl)c(-c3ccccc3)cc12. The number of hydrogen-bond donors (Lipinski definition) is 4. The minimum Gasteiger partial charge on any atom is -0.396 e. The highest BCUT2D eigenvalue weighted by Gasteiger charge is 2.16. The van der Waals surface area contributed by atoms with Gasteiger partial charge in [0.15, 0.2) is 5.82 Å². The second kappa shape index (κ2) is 4.99. The van der Waals surface area contributed by atoms with Crippen LogP contribution in [-0.2, 0) is 0 Å². The number of benzene rings is 2. The van der Waals surface area contributed by atoms with Gasteiger partial charge >= 0.3 is 6.03 Å². The van der Waals surface area contributed by atoms with E-state index in [4.69, 9.17) is 23.1 Å². The number of hydrogen-bond acceptors (Lipinski definition) is 3. The van der Waals surface area contributed by atoms with E-state index in [2.05, 4.69) is 15.5 Å². The van der Waals surface area contributed by atoms with E-state index in [1.165, 1.54) is 0 Å². The minimum atomic E-state index is -0.696. The van der Waals surface area contributed by atoms with Gasteiger partial charge < -0.3 is 11.5 Å². The normalized spacial score (nSPS) is 10.7. The first-order valence-corrected chi connectivity index (χ1v) is 6.53. The standard InChI is InChI=1S/C14H12ClN5O/c15-10-8(7-4-2-1-3-5-7)6-9-12(11(10)16)19-20-13(9)18-14(17)21/h1-6H,16H2,(H4,17,18,19,20,21). The van der Waals surface area contributed by atoms with Crippen molar-refractivity contribution >= 4 is 40.0 Å². The Hall–Kier alpha value is -2.73. The molecular formula is C14H12ClN5O. The quantitative estimate of drug-likeness (QED) is 0.546. The van der Waals surface area contributed by atoms with Crippen molar-refractivity contribution in [1.29, 1.82) is 0 Å². The van der Waals surface area contributed by atoms with Crippen LogP contribution in [0.4, 0.5) is 16.3 Å². The Kier molecular flexibility index (Phi) is 3.15. The van der Waals surface area contributed by atoms with Crippen molar-refractivity contribution in [3.63, 3.8) is 0 Å². The van der Waals surface area contributed by atoms with Gasteiger partial charge in [-0.25, -0.2) is 4.79 Å². The zero-order valence-corrected chi connectivity index (χ0v) is 11.6. The number of nitrogens with one attached hydrogen (secondary N) is 2. The molecule has 21 heavy (non-hydrogen) atoms. The molecule has 2 aromatic carbocycles. The monoisotopic (exact) mass is 301 g/mol. The fraction of sp³-hybridized carbons (Fsp3) is 0. The van der Waals surface area contributed by atoms with Crippen LogP contribution in [0.25, 0.3) is 22.0 Å². The number of nitrogen functional groups attached to an aromatic ring is 1. The lowest BCUT2D eigenvalue weighted by Gasteiger charge is -2.09. The molecule has 0 fully saturated rings. The summed E-state index contributed by atoms with van der Waals surface area (Å²) in [6.07, 6.45) is 0. The van der Waals surface area contributed by atoms with Crippen LogP contribution in [-0.4, -0.2) is 16.2 Å². The molecule has 106 valence electrons. The van der Waals surface area contributed by atoms with E-state index in [-0.39, 0.29) is 0 Å². The molecule has 1 heterocycles. The predicted octanol–water partition coefficient (Wildman–Crippen LogP) is 2.96. The third-order valence-corrected chi connectivity index (χ3v) is 3.57. The highest BCUT2D eigenvalue weighted by molar-refractivity contribution is 6.37. The van der Waals surface area contributed by atoms with Gasteiger partial charge in [0.25, 0.3) is 0 Å². The average molecular weight is 302 g/mol. The molecule has 7 heteroatoms. The maximum Gasteiger partial charge on any atom is 0.317 e. The van der Waals surface area contributed by atoms with Crippen LogP contribution in [0, 0.1) is 0 Å². The number of halogens is 1. The summed E-state index contributed by atoms with van der Waals surface area (Å²) in [5.41, 5.74) is 13.8. The van der Waals surface area contributed by atoms with Crippen LogP contribution in [0.5, 0.6) is 0 Å². The van der Waals surface area contributed by atoms with Gasteiger partial charge in [-0.3, -0.25) is 10.4 Å². The molecule has 0 bridgehead atoms. The zero-order valence-electron chi connectivity index (χ0n) is 10.9. The molecule has 0 saturated carbocycles. The summed E-state index contributed by atoms with van der Waals surface area (Å²) in [7, 11) is 0. The summed E-state index contributed by atoms with van der Waals surface area (Å²) >= 11 is 6.34. The van der Waals surface area contributed by atoms with Crippen LogP contribution < -0.4 is 16.8 Å². The Morgan fingerprint density at radius 1 is 1.29 bits per heavy atom. The van der Waals surface area contributed by atoms with Gasteiger partial charge in [-0.05, 0) is 11.6 Å². The van der Waals surface area contributed by atoms with Gasteiger partial charge in [-0.2, -0.15) is 5.10 Å². The molecule has 3 rings (SSSR count). The number of nitrogens with two attached hydrogens (primary N) is 2. The molecule has 0 aliphatic carbocycles. The van der Waals surface area contributed by atoms with E-state index in [9.17, 15) is 4.79 Å². The number of aromatic nitrogens is 2. The summed E-state index contributed by atoms with van der Waals surface area (Å²) in [4.78, 5) is 11.0. The lowest BCUT2D eigenvalue weighted by atomic mass is 10.0. The highest BCUT2D eigenvalue weighted by atomic mass is 35.5. The van der Waals surface area contributed by atoms with E-state index in [1.54, 1.807) is 0 Å². The number of carbonyl (C=O) groups excluding carboxylic acids is 1. The molecule has 0 unspecified atom stereocenters. The van der Waals surface area contributed by atoms with Crippen LogP contribution >= 0.6 is 11.6 Å². The Bertz CT molecular complexity index is 828. The second-order valence-corrected chi connectivity index (χ2v) is 4.88. The predicted molar refractivity (Wildman–Crippen MR) is 84.2 cm³/mol. The minimum absolute atomic E-state index is 0.318. The number of rotatable bonds is 2. The average Bonchev–Trinajstić information content (AvgIpc) is 2.86. The van der Waals surface area contributed by atoms with Crippen LogP contribution in [0.15, 0.2) is 36.4 Å². The first-order valence-electron chi connectivity index (χ1n) is 6.16. The van der Waals surface area contributed by atoms with Gasteiger partial charge in [0.1, 0.15) is 0 Å². The first kappa shape index (κ1) is 13.3.